The molecule has 250 valence electrons. The van der Waals surface area contributed by atoms with E-state index in [2.05, 4.69) is 25.9 Å². The molecular formula is C31H39N9O7. The largest absolute Gasteiger partial charge is 0.445 e. The van der Waals surface area contributed by atoms with Crippen LogP contribution >= 0.6 is 0 Å². The van der Waals surface area contributed by atoms with Crippen LogP contribution in [0.1, 0.15) is 47.2 Å². The summed E-state index contributed by atoms with van der Waals surface area (Å²) in [6.45, 7) is 2.01. The molecule has 0 saturated heterocycles. The minimum atomic E-state index is -1.23. The number of carbonyl (C=O) groups is 4. The zero-order chi connectivity index (χ0) is 34.3. The third kappa shape index (κ3) is 11.8. The highest BCUT2D eigenvalue weighted by atomic mass is 16.5. The Morgan fingerprint density at radius 3 is 2.06 bits per heavy atom. The van der Waals surface area contributed by atoms with Crippen LogP contribution in [0.3, 0.4) is 0 Å². The van der Waals surface area contributed by atoms with E-state index in [0.717, 1.165) is 5.56 Å². The monoisotopic (exact) mass is 649 g/mol. The van der Waals surface area contributed by atoms with Crippen molar-refractivity contribution in [3.8, 4) is 0 Å². The van der Waals surface area contributed by atoms with Crippen molar-refractivity contribution in [1.82, 2.24) is 16.0 Å². The number of rotatable bonds is 15. The van der Waals surface area contributed by atoms with Crippen LogP contribution in [0.2, 0.25) is 0 Å². The quantitative estimate of drug-likeness (QED) is 0.0507. The first-order chi connectivity index (χ1) is 22.4. The van der Waals surface area contributed by atoms with Crippen molar-refractivity contribution < 1.29 is 28.3 Å². The van der Waals surface area contributed by atoms with Gasteiger partial charge in [0.25, 0.3) is 5.91 Å². The molecule has 2 atom stereocenters. The van der Waals surface area contributed by atoms with E-state index >= 15 is 0 Å². The Balaban J connectivity index is 1.75. The lowest BCUT2D eigenvalue weighted by Crippen LogP contribution is -2.54. The minimum Gasteiger partial charge on any atom is -0.445 e. The molecule has 0 aliphatic carbocycles. The van der Waals surface area contributed by atoms with Crippen LogP contribution in [0.25, 0.3) is 11.0 Å². The van der Waals surface area contributed by atoms with Gasteiger partial charge in [0.1, 0.15) is 24.3 Å². The number of aliphatic imine (C=N–C) groups is 2. The summed E-state index contributed by atoms with van der Waals surface area (Å²) < 4.78 is 10.5. The Labute approximate surface area is 270 Å². The Morgan fingerprint density at radius 1 is 0.830 bits per heavy atom. The molecule has 0 bridgehead atoms. The highest BCUT2D eigenvalue weighted by Gasteiger charge is 2.28. The smallest absolute Gasteiger partial charge is 0.408 e. The van der Waals surface area contributed by atoms with E-state index in [1.165, 1.54) is 18.2 Å². The molecule has 16 heteroatoms. The number of benzene rings is 2. The molecule has 0 radical (unpaired) electrons. The van der Waals surface area contributed by atoms with Crippen molar-refractivity contribution in [2.24, 2.45) is 32.9 Å². The second-order valence-electron chi connectivity index (χ2n) is 10.5. The molecule has 0 aliphatic rings. The first-order valence-electron chi connectivity index (χ1n) is 14.7. The van der Waals surface area contributed by atoms with Crippen molar-refractivity contribution in [3.63, 3.8) is 0 Å². The molecule has 3 rings (SSSR count). The molecule has 2 aromatic carbocycles. The number of imide groups is 1. The number of nitrogens with one attached hydrogen (secondary N) is 3. The number of ether oxygens (including phenoxy) is 1. The molecular weight excluding hydrogens is 610 g/mol. The van der Waals surface area contributed by atoms with E-state index in [4.69, 9.17) is 32.1 Å². The summed E-state index contributed by atoms with van der Waals surface area (Å²) in [5, 5.41) is 8.02. The Hall–Kier alpha value is -5.93. The maximum Gasteiger partial charge on any atom is 0.408 e. The van der Waals surface area contributed by atoms with Crippen LogP contribution in [0, 0.1) is 6.92 Å². The van der Waals surface area contributed by atoms with E-state index in [9.17, 15) is 24.0 Å². The van der Waals surface area contributed by atoms with Crippen molar-refractivity contribution in [2.45, 2.75) is 51.3 Å². The van der Waals surface area contributed by atoms with Gasteiger partial charge in [0.15, 0.2) is 11.9 Å². The van der Waals surface area contributed by atoms with Crippen LogP contribution in [-0.2, 0) is 20.9 Å². The van der Waals surface area contributed by atoms with Gasteiger partial charge >= 0.3 is 11.7 Å². The van der Waals surface area contributed by atoms with Gasteiger partial charge in [-0.05, 0) is 55.9 Å². The lowest BCUT2D eigenvalue weighted by molar-refractivity contribution is -0.129. The van der Waals surface area contributed by atoms with Gasteiger partial charge < -0.3 is 42.7 Å². The summed E-state index contributed by atoms with van der Waals surface area (Å²) in [5.74, 6) is -2.62. The molecule has 11 N–H and O–H groups in total. The fourth-order valence-corrected chi connectivity index (χ4v) is 4.46. The average Bonchev–Trinajstić information content (AvgIpc) is 3.02. The van der Waals surface area contributed by atoms with Crippen molar-refractivity contribution in [3.05, 3.63) is 81.7 Å². The molecule has 0 fully saturated rings. The summed E-state index contributed by atoms with van der Waals surface area (Å²) in [7, 11) is 0. The number of carbonyl (C=O) groups excluding carboxylic acids is 4. The van der Waals surface area contributed by atoms with E-state index in [0.29, 0.717) is 17.4 Å². The lowest BCUT2D eigenvalue weighted by Gasteiger charge is -2.23. The topological polar surface area (TPSA) is 273 Å². The van der Waals surface area contributed by atoms with Crippen LogP contribution < -0.4 is 44.5 Å². The molecule has 0 unspecified atom stereocenters. The standard InChI is InChI=1S/C31H39N9O7/c1-18-15-25(41)47-24-16-20(11-12-21(18)24)26(42)40-28(44)22(9-5-13-36-29(32)33)38-27(43)23(10-6-14-37-30(34)35)39-31(45)46-17-19-7-3-2-4-8-19/h2-4,7-8,11-12,15-16,22-23H,5-6,9-10,13-14,17H2,1H3,(H,38,43)(H,39,45)(H4,32,33,36)(H4,34,35,37)(H,40,42,44)/t22-,23-/m0/s1. The SMILES string of the molecule is Cc1cc(=O)oc2cc(C(=O)NC(=O)[C@H](CCCN=C(N)N)NC(=O)[C@H](CCCN=C(N)N)NC(=O)OCc3ccccc3)ccc12. The van der Waals surface area contributed by atoms with Gasteiger partial charge in [-0.25, -0.2) is 9.59 Å². The Morgan fingerprint density at radius 2 is 1.45 bits per heavy atom. The van der Waals surface area contributed by atoms with Crippen LogP contribution in [-0.4, -0.2) is 60.9 Å². The number of guanidine groups is 2. The summed E-state index contributed by atoms with van der Waals surface area (Å²) in [5.41, 5.74) is 22.6. The van der Waals surface area contributed by atoms with E-state index < -0.39 is 41.5 Å². The summed E-state index contributed by atoms with van der Waals surface area (Å²) in [6, 6.07) is 12.3. The molecule has 16 nitrogen and oxygen atoms in total. The molecule has 0 aliphatic heterocycles. The highest BCUT2D eigenvalue weighted by molar-refractivity contribution is 6.08. The second-order valence-corrected chi connectivity index (χ2v) is 10.5. The van der Waals surface area contributed by atoms with Gasteiger partial charge in [0, 0.05) is 30.1 Å². The number of nitrogens with zero attached hydrogens (tertiary/aromatic N) is 2. The van der Waals surface area contributed by atoms with E-state index in [-0.39, 0.29) is 62.0 Å². The highest BCUT2D eigenvalue weighted by Crippen LogP contribution is 2.18. The second kappa shape index (κ2) is 17.5. The first-order valence-corrected chi connectivity index (χ1v) is 14.7. The minimum absolute atomic E-state index is 0.0343. The normalized spacial score (nSPS) is 11.9. The third-order valence-corrected chi connectivity index (χ3v) is 6.80. The third-order valence-electron chi connectivity index (χ3n) is 6.80. The summed E-state index contributed by atoms with van der Waals surface area (Å²) in [6.07, 6.45) is -0.185. The number of aryl methyl sites for hydroxylation is 1. The Bertz CT molecular complexity index is 1680. The first kappa shape index (κ1) is 35.5. The maximum atomic E-state index is 13.5. The molecule has 0 saturated carbocycles. The van der Waals surface area contributed by atoms with Gasteiger partial charge in [-0.2, -0.15) is 0 Å². The van der Waals surface area contributed by atoms with Gasteiger partial charge in [-0.3, -0.25) is 29.7 Å². The van der Waals surface area contributed by atoms with Gasteiger partial charge in [-0.15, -0.1) is 0 Å². The van der Waals surface area contributed by atoms with Crippen LogP contribution in [0.15, 0.2) is 73.8 Å². The van der Waals surface area contributed by atoms with Crippen LogP contribution in [0.4, 0.5) is 4.79 Å². The predicted molar refractivity (Wildman–Crippen MR) is 175 cm³/mol. The molecule has 3 aromatic rings. The fraction of sp³-hybridized carbons (Fsp3) is 0.323. The lowest BCUT2D eigenvalue weighted by atomic mass is 10.1. The number of nitrogens with two attached hydrogens (primary N) is 4. The summed E-state index contributed by atoms with van der Waals surface area (Å²) in [4.78, 5) is 72.1. The van der Waals surface area contributed by atoms with Crippen molar-refractivity contribution in [1.29, 1.82) is 0 Å². The van der Waals surface area contributed by atoms with E-state index in [1.54, 1.807) is 37.3 Å². The van der Waals surface area contributed by atoms with Crippen molar-refractivity contribution >= 4 is 46.7 Å². The molecule has 47 heavy (non-hydrogen) atoms. The number of fused-ring (bicyclic) bond motifs is 1. The molecule has 4 amide bonds. The summed E-state index contributed by atoms with van der Waals surface area (Å²) >= 11 is 0. The van der Waals surface area contributed by atoms with Crippen LogP contribution in [0.5, 0.6) is 0 Å². The van der Waals surface area contributed by atoms with Gasteiger partial charge in [0.05, 0.1) is 0 Å². The number of hydrogen-bond donors (Lipinski definition) is 7. The van der Waals surface area contributed by atoms with Crippen molar-refractivity contribution in [2.75, 3.05) is 13.1 Å². The predicted octanol–water partition coefficient (Wildman–Crippen LogP) is 0.245. The number of hydrogen-bond acceptors (Lipinski definition) is 9. The zero-order valence-electron chi connectivity index (χ0n) is 25.9. The van der Waals surface area contributed by atoms with Gasteiger partial charge in [0.2, 0.25) is 11.8 Å². The van der Waals surface area contributed by atoms with Gasteiger partial charge in [-0.1, -0.05) is 36.4 Å². The average molecular weight is 650 g/mol. The van der Waals surface area contributed by atoms with E-state index in [1.807, 2.05) is 6.07 Å². The number of amides is 4. The molecule has 0 spiro atoms. The fourth-order valence-electron chi connectivity index (χ4n) is 4.46. The number of alkyl carbamates (subject to hydrolysis) is 1. The maximum absolute atomic E-state index is 13.5. The molecule has 1 aromatic heterocycles. The Kier molecular flexibility index (Phi) is 13.3. The molecule has 1 heterocycles. The zero-order valence-corrected chi connectivity index (χ0v) is 25.9.